The molecule has 11 heteroatoms. The number of benzene rings is 2. The maximum absolute atomic E-state index is 12.2. The summed E-state index contributed by atoms with van der Waals surface area (Å²) in [5.41, 5.74) is 0.179. The molecule has 3 rings (SSSR count). The number of sulfonamides is 1. The number of hydroxylamine groups is 2. The van der Waals surface area contributed by atoms with Gasteiger partial charge in [-0.1, -0.05) is 40.4 Å². The standard InChI is InChI=1S/C16H10Cl2N2O6S/c17-12-6-5-9(7-13(12)18)27(24,25)19-8-14(21)26-20-15(22)10-3-1-2-4-11(10)16(20)23/h1-7,19H,8H2. The molecule has 1 heterocycles. The fraction of sp³-hybridized carbons (Fsp3) is 0.0625. The summed E-state index contributed by atoms with van der Waals surface area (Å²) < 4.78 is 26.3. The number of carbonyl (C=O) groups is 3. The Labute approximate surface area is 163 Å². The van der Waals surface area contributed by atoms with E-state index in [4.69, 9.17) is 28.0 Å². The van der Waals surface area contributed by atoms with E-state index >= 15 is 0 Å². The lowest BCUT2D eigenvalue weighted by molar-refractivity contribution is -0.166. The van der Waals surface area contributed by atoms with Gasteiger partial charge in [0, 0.05) is 0 Å². The van der Waals surface area contributed by atoms with Crippen molar-refractivity contribution in [1.82, 2.24) is 9.79 Å². The van der Waals surface area contributed by atoms with E-state index in [2.05, 4.69) is 0 Å². The van der Waals surface area contributed by atoms with Gasteiger partial charge in [0.05, 0.1) is 26.1 Å². The predicted molar refractivity (Wildman–Crippen MR) is 94.7 cm³/mol. The third-order valence-corrected chi connectivity index (χ3v) is 5.70. The lowest BCUT2D eigenvalue weighted by Gasteiger charge is -2.13. The van der Waals surface area contributed by atoms with Crippen LogP contribution in [0.25, 0.3) is 0 Å². The maximum atomic E-state index is 12.2. The normalized spacial score (nSPS) is 13.6. The van der Waals surface area contributed by atoms with Crippen molar-refractivity contribution in [2.24, 2.45) is 0 Å². The van der Waals surface area contributed by atoms with Crippen LogP contribution in [-0.4, -0.2) is 37.8 Å². The van der Waals surface area contributed by atoms with Crippen LogP contribution in [0, 0.1) is 0 Å². The highest BCUT2D eigenvalue weighted by Gasteiger charge is 2.38. The Morgan fingerprint density at radius 1 is 1.00 bits per heavy atom. The molecule has 0 atom stereocenters. The second-order valence-corrected chi connectivity index (χ2v) is 7.90. The molecule has 2 amide bonds. The van der Waals surface area contributed by atoms with Crippen molar-refractivity contribution in [1.29, 1.82) is 0 Å². The number of nitrogens with zero attached hydrogens (tertiary/aromatic N) is 1. The number of fused-ring (bicyclic) bond motifs is 1. The molecule has 0 fully saturated rings. The van der Waals surface area contributed by atoms with Crippen LogP contribution in [0.1, 0.15) is 20.7 Å². The molecule has 0 radical (unpaired) electrons. The molecule has 1 N–H and O–H groups in total. The monoisotopic (exact) mass is 428 g/mol. The van der Waals surface area contributed by atoms with Crippen LogP contribution in [0.2, 0.25) is 10.0 Å². The summed E-state index contributed by atoms with van der Waals surface area (Å²) in [6.07, 6.45) is 0. The lowest BCUT2D eigenvalue weighted by Crippen LogP contribution is -2.38. The molecule has 140 valence electrons. The van der Waals surface area contributed by atoms with Gasteiger partial charge in [-0.3, -0.25) is 9.59 Å². The van der Waals surface area contributed by atoms with Gasteiger partial charge in [0.25, 0.3) is 11.8 Å². The van der Waals surface area contributed by atoms with Crippen LogP contribution in [-0.2, 0) is 19.7 Å². The lowest BCUT2D eigenvalue weighted by atomic mass is 10.1. The second kappa shape index (κ2) is 7.28. The molecule has 0 saturated heterocycles. The maximum Gasteiger partial charge on any atom is 0.347 e. The molecule has 0 aromatic heterocycles. The summed E-state index contributed by atoms with van der Waals surface area (Å²) in [7, 11) is -4.09. The van der Waals surface area contributed by atoms with Crippen LogP contribution in [0.5, 0.6) is 0 Å². The first-order chi connectivity index (χ1) is 12.7. The molecule has 1 aliphatic rings. The first kappa shape index (κ1) is 19.3. The Balaban J connectivity index is 1.66. The Morgan fingerprint density at radius 3 is 2.15 bits per heavy atom. The summed E-state index contributed by atoms with van der Waals surface area (Å²) in [6.45, 7) is -0.810. The highest BCUT2D eigenvalue weighted by Crippen LogP contribution is 2.25. The van der Waals surface area contributed by atoms with E-state index in [0.29, 0.717) is 5.06 Å². The van der Waals surface area contributed by atoms with Crippen molar-refractivity contribution in [2.45, 2.75) is 4.90 Å². The smallest absolute Gasteiger partial charge is 0.328 e. The third kappa shape index (κ3) is 3.81. The van der Waals surface area contributed by atoms with Crippen LogP contribution >= 0.6 is 23.2 Å². The highest BCUT2D eigenvalue weighted by molar-refractivity contribution is 7.89. The number of imide groups is 1. The Morgan fingerprint density at radius 2 is 1.59 bits per heavy atom. The summed E-state index contributed by atoms with van der Waals surface area (Å²) in [5.74, 6) is -2.76. The van der Waals surface area contributed by atoms with Crippen molar-refractivity contribution in [3.63, 3.8) is 0 Å². The second-order valence-electron chi connectivity index (χ2n) is 5.31. The minimum absolute atomic E-state index is 0.0214. The minimum atomic E-state index is -4.09. The fourth-order valence-corrected chi connectivity index (χ4v) is 3.62. The molecule has 8 nitrogen and oxygen atoms in total. The molecule has 0 bridgehead atoms. The average Bonchev–Trinajstić information content (AvgIpc) is 2.87. The zero-order valence-electron chi connectivity index (χ0n) is 13.3. The quantitative estimate of drug-likeness (QED) is 0.729. The van der Waals surface area contributed by atoms with E-state index < -0.39 is 34.4 Å². The highest BCUT2D eigenvalue weighted by atomic mass is 35.5. The summed E-state index contributed by atoms with van der Waals surface area (Å²) in [5, 5.41) is 0.481. The molecule has 0 spiro atoms. The van der Waals surface area contributed by atoms with Crippen LogP contribution in [0.3, 0.4) is 0 Å². The zero-order valence-corrected chi connectivity index (χ0v) is 15.6. The molecule has 0 saturated carbocycles. The average molecular weight is 429 g/mol. The summed E-state index contributed by atoms with van der Waals surface area (Å²) >= 11 is 11.5. The fourth-order valence-electron chi connectivity index (χ4n) is 2.27. The number of nitrogens with one attached hydrogen (secondary N) is 1. The van der Waals surface area contributed by atoms with Gasteiger partial charge in [-0.2, -0.15) is 4.72 Å². The molecule has 0 aliphatic carbocycles. The molecule has 27 heavy (non-hydrogen) atoms. The van der Waals surface area contributed by atoms with E-state index in [1.165, 1.54) is 24.3 Å². The van der Waals surface area contributed by atoms with E-state index in [9.17, 15) is 22.8 Å². The minimum Gasteiger partial charge on any atom is -0.328 e. The molecule has 1 aliphatic heterocycles. The Hall–Kier alpha value is -2.46. The van der Waals surface area contributed by atoms with Gasteiger partial charge in [-0.15, -0.1) is 0 Å². The van der Waals surface area contributed by atoms with E-state index in [1.807, 2.05) is 4.72 Å². The summed E-state index contributed by atoms with van der Waals surface area (Å²) in [4.78, 5) is 40.6. The van der Waals surface area contributed by atoms with Gasteiger partial charge >= 0.3 is 5.97 Å². The molecule has 0 unspecified atom stereocenters. The van der Waals surface area contributed by atoms with Gasteiger partial charge in [-0.25, -0.2) is 13.2 Å². The number of hydrogen-bond donors (Lipinski definition) is 1. The third-order valence-electron chi connectivity index (χ3n) is 3.56. The number of hydrogen-bond acceptors (Lipinski definition) is 6. The van der Waals surface area contributed by atoms with Crippen LogP contribution in [0.15, 0.2) is 47.4 Å². The van der Waals surface area contributed by atoms with Gasteiger partial charge < -0.3 is 4.84 Å². The Kier molecular flexibility index (Phi) is 5.20. The number of halogens is 2. The van der Waals surface area contributed by atoms with Crippen molar-refractivity contribution < 1.29 is 27.6 Å². The zero-order chi connectivity index (χ0) is 19.8. The molecular formula is C16H10Cl2N2O6S. The number of rotatable bonds is 5. The van der Waals surface area contributed by atoms with E-state index in [0.717, 1.165) is 6.07 Å². The number of carbonyl (C=O) groups excluding carboxylic acids is 3. The molecular weight excluding hydrogens is 419 g/mol. The first-order valence-electron chi connectivity index (χ1n) is 7.34. The molecule has 2 aromatic carbocycles. The van der Waals surface area contributed by atoms with Crippen molar-refractivity contribution >= 4 is 51.0 Å². The van der Waals surface area contributed by atoms with Crippen molar-refractivity contribution in [3.8, 4) is 0 Å². The van der Waals surface area contributed by atoms with Gasteiger partial charge in [0.2, 0.25) is 10.0 Å². The predicted octanol–water partition coefficient (Wildman–Crippen LogP) is 2.03. The Bertz CT molecular complexity index is 1040. The summed E-state index contributed by atoms with van der Waals surface area (Å²) in [6, 6.07) is 9.54. The van der Waals surface area contributed by atoms with E-state index in [-0.39, 0.29) is 26.1 Å². The van der Waals surface area contributed by atoms with Gasteiger partial charge in [0.1, 0.15) is 6.54 Å². The topological polar surface area (TPSA) is 110 Å². The SMILES string of the molecule is O=C(CNS(=O)(=O)c1ccc(Cl)c(Cl)c1)ON1C(=O)c2ccccc2C1=O. The first-order valence-corrected chi connectivity index (χ1v) is 9.58. The van der Waals surface area contributed by atoms with Crippen LogP contribution in [0.4, 0.5) is 0 Å². The van der Waals surface area contributed by atoms with Crippen molar-refractivity contribution in [2.75, 3.05) is 6.54 Å². The van der Waals surface area contributed by atoms with Crippen molar-refractivity contribution in [3.05, 3.63) is 63.6 Å². The van der Waals surface area contributed by atoms with E-state index in [1.54, 1.807) is 12.1 Å². The van der Waals surface area contributed by atoms with Gasteiger partial charge in [-0.05, 0) is 30.3 Å². The van der Waals surface area contributed by atoms with Crippen LogP contribution < -0.4 is 4.72 Å². The number of amides is 2. The largest absolute Gasteiger partial charge is 0.347 e. The van der Waals surface area contributed by atoms with Gasteiger partial charge in [0.15, 0.2) is 0 Å². The molecule has 2 aromatic rings.